The number of fused-ring (bicyclic) bond motifs is 4. The van der Waals surface area contributed by atoms with E-state index in [4.69, 9.17) is 11.6 Å². The molecular weight excluding hydrogens is 502 g/mol. The third kappa shape index (κ3) is 4.95. The summed E-state index contributed by atoms with van der Waals surface area (Å²) < 4.78 is 3.30. The summed E-state index contributed by atoms with van der Waals surface area (Å²) in [6.45, 7) is 1.90. The first-order chi connectivity index (χ1) is 18.4. The predicted molar refractivity (Wildman–Crippen MR) is 144 cm³/mol. The molecule has 38 heavy (non-hydrogen) atoms. The van der Waals surface area contributed by atoms with E-state index < -0.39 is 0 Å². The molecule has 3 aromatic heterocycles. The summed E-state index contributed by atoms with van der Waals surface area (Å²) in [6.07, 6.45) is 7.02. The molecule has 4 aromatic rings. The summed E-state index contributed by atoms with van der Waals surface area (Å²) in [5.41, 5.74) is 4.58. The lowest BCUT2D eigenvalue weighted by atomic mass is 9.97. The van der Waals surface area contributed by atoms with E-state index in [1.54, 1.807) is 39.8 Å². The van der Waals surface area contributed by atoms with E-state index in [1.807, 2.05) is 26.1 Å². The highest BCUT2D eigenvalue weighted by Gasteiger charge is 2.24. The van der Waals surface area contributed by atoms with E-state index >= 15 is 0 Å². The lowest BCUT2D eigenvalue weighted by Gasteiger charge is -2.22. The molecule has 9 nitrogen and oxygen atoms in total. The van der Waals surface area contributed by atoms with Gasteiger partial charge in [-0.05, 0) is 42.7 Å². The fourth-order valence-electron chi connectivity index (χ4n) is 4.90. The number of nitrogens with zero attached hydrogens (tertiary/aromatic N) is 6. The molecule has 0 unspecified atom stereocenters. The predicted octanol–water partition coefficient (Wildman–Crippen LogP) is 4.77. The molecule has 0 radical (unpaired) electrons. The Balaban J connectivity index is 1.60. The molecule has 2 bridgehead atoms. The van der Waals surface area contributed by atoms with Crippen LogP contribution in [0.3, 0.4) is 0 Å². The van der Waals surface area contributed by atoms with Crippen molar-refractivity contribution < 1.29 is 4.79 Å². The van der Waals surface area contributed by atoms with Crippen LogP contribution in [0.1, 0.15) is 43.5 Å². The van der Waals surface area contributed by atoms with Crippen LogP contribution < -0.4 is 10.9 Å². The minimum atomic E-state index is -0.381. The van der Waals surface area contributed by atoms with Gasteiger partial charge in [-0.25, -0.2) is 4.98 Å². The molecule has 192 valence electrons. The molecule has 5 rings (SSSR count). The number of halogens is 1. The van der Waals surface area contributed by atoms with Crippen molar-refractivity contribution in [3.05, 3.63) is 81.8 Å². The van der Waals surface area contributed by atoms with Crippen molar-refractivity contribution in [3.8, 4) is 28.6 Å². The molecule has 1 aliphatic heterocycles. The van der Waals surface area contributed by atoms with Crippen molar-refractivity contribution in [2.24, 2.45) is 13.0 Å². The van der Waals surface area contributed by atoms with Crippen molar-refractivity contribution in [1.82, 2.24) is 24.3 Å². The number of aryl methyl sites for hydroxylation is 1. The average molecular weight is 528 g/mol. The van der Waals surface area contributed by atoms with Gasteiger partial charge in [-0.3, -0.25) is 23.8 Å². The third-order valence-corrected chi connectivity index (χ3v) is 7.18. The zero-order valence-electron chi connectivity index (χ0n) is 21.1. The van der Waals surface area contributed by atoms with Crippen molar-refractivity contribution in [2.45, 2.75) is 38.6 Å². The second-order valence-corrected chi connectivity index (χ2v) is 9.93. The van der Waals surface area contributed by atoms with E-state index in [1.165, 1.54) is 12.4 Å². The van der Waals surface area contributed by atoms with Crippen molar-refractivity contribution in [3.63, 3.8) is 0 Å². The van der Waals surface area contributed by atoms with Gasteiger partial charge in [-0.15, -0.1) is 0 Å². The zero-order valence-corrected chi connectivity index (χ0v) is 21.8. The maximum atomic E-state index is 13.5. The maximum absolute atomic E-state index is 13.5. The first-order valence-electron chi connectivity index (χ1n) is 12.4. The number of nitriles is 1. The molecule has 2 atom stereocenters. The molecule has 10 heteroatoms. The van der Waals surface area contributed by atoms with Crippen LogP contribution in [0.25, 0.3) is 22.5 Å². The van der Waals surface area contributed by atoms with Gasteiger partial charge >= 0.3 is 0 Å². The molecule has 1 aromatic carbocycles. The molecule has 1 N–H and O–H groups in total. The number of aromatic nitrogens is 5. The van der Waals surface area contributed by atoms with Gasteiger partial charge in [0.1, 0.15) is 0 Å². The maximum Gasteiger partial charge on any atom is 0.254 e. The second-order valence-electron chi connectivity index (χ2n) is 9.49. The minimum Gasteiger partial charge on any atom is -0.323 e. The highest BCUT2D eigenvalue weighted by Crippen LogP contribution is 2.32. The number of rotatable bonds is 3. The summed E-state index contributed by atoms with van der Waals surface area (Å²) >= 11 is 6.21. The van der Waals surface area contributed by atoms with Crippen LogP contribution >= 0.6 is 11.6 Å². The number of anilines is 1. The quantitative estimate of drug-likeness (QED) is 0.410. The Morgan fingerprint density at radius 2 is 2.00 bits per heavy atom. The molecular formula is C28H26ClN7O2. The highest BCUT2D eigenvalue weighted by atomic mass is 35.5. The normalized spacial score (nSPS) is 17.5. The molecule has 4 heterocycles. The molecule has 0 fully saturated rings. The topological polar surface area (TPSA) is 118 Å². The first-order valence-corrected chi connectivity index (χ1v) is 12.8. The summed E-state index contributed by atoms with van der Waals surface area (Å²) in [5.74, 6) is -0.281. The fourth-order valence-corrected chi connectivity index (χ4v) is 5.07. The van der Waals surface area contributed by atoms with Crippen LogP contribution in [0.5, 0.6) is 0 Å². The molecule has 1 aliphatic rings. The van der Waals surface area contributed by atoms with Gasteiger partial charge in [0.15, 0.2) is 0 Å². The Morgan fingerprint density at radius 3 is 2.79 bits per heavy atom. The highest BCUT2D eigenvalue weighted by molar-refractivity contribution is 6.30. The smallest absolute Gasteiger partial charge is 0.254 e. The van der Waals surface area contributed by atoms with Gasteiger partial charge in [-0.2, -0.15) is 10.4 Å². The van der Waals surface area contributed by atoms with E-state index in [0.717, 1.165) is 22.5 Å². The van der Waals surface area contributed by atoms with Crippen LogP contribution in [0.2, 0.25) is 5.02 Å². The lowest BCUT2D eigenvalue weighted by Crippen LogP contribution is -2.27. The van der Waals surface area contributed by atoms with E-state index in [0.29, 0.717) is 41.2 Å². The van der Waals surface area contributed by atoms with Crippen LogP contribution in [0.15, 0.2) is 59.9 Å². The molecule has 0 spiro atoms. The number of pyridine rings is 1. The van der Waals surface area contributed by atoms with Gasteiger partial charge < -0.3 is 5.32 Å². The van der Waals surface area contributed by atoms with Crippen LogP contribution in [0.4, 0.5) is 5.69 Å². The van der Waals surface area contributed by atoms with Crippen LogP contribution in [-0.2, 0) is 18.3 Å². The molecule has 0 aliphatic carbocycles. The van der Waals surface area contributed by atoms with E-state index in [-0.39, 0.29) is 29.8 Å². The van der Waals surface area contributed by atoms with Gasteiger partial charge in [0, 0.05) is 41.4 Å². The number of hydrogen-bond donors (Lipinski definition) is 1. The molecule has 1 amide bonds. The zero-order chi connectivity index (χ0) is 26.8. The Hall–Kier alpha value is -4.29. The van der Waals surface area contributed by atoms with Gasteiger partial charge in [0.2, 0.25) is 5.91 Å². The monoisotopic (exact) mass is 527 g/mol. The molecule has 0 saturated heterocycles. The standard InChI is InChI=1S/C28H26ClN7O2/c1-17-4-3-5-25(23-12-19(9-11-31-23)27-24(34-28(17)38)15-33-35(27)2)36-16-32-22(14-26(36)37)21-13-20(29)7-6-18(21)8-10-30/h6-7,9,11-17,25H,3-5,8H2,1-2H3,(H,34,38)/t17-,25+/m1/s1. The number of carbonyl (C=O) groups is 1. The largest absolute Gasteiger partial charge is 0.323 e. The average Bonchev–Trinajstić information content (AvgIpc) is 3.27. The first kappa shape index (κ1) is 25.4. The van der Waals surface area contributed by atoms with E-state index in [9.17, 15) is 14.9 Å². The summed E-state index contributed by atoms with van der Waals surface area (Å²) in [4.78, 5) is 35.6. The summed E-state index contributed by atoms with van der Waals surface area (Å²) in [6, 6.07) is 12.3. The van der Waals surface area contributed by atoms with Crippen molar-refractivity contribution >= 4 is 23.2 Å². The van der Waals surface area contributed by atoms with Crippen molar-refractivity contribution in [2.75, 3.05) is 5.32 Å². The van der Waals surface area contributed by atoms with Crippen molar-refractivity contribution in [1.29, 1.82) is 5.26 Å². The number of amides is 1. The Labute approximate surface area is 224 Å². The van der Waals surface area contributed by atoms with E-state index in [2.05, 4.69) is 26.5 Å². The number of carbonyl (C=O) groups excluding carboxylic acids is 1. The number of hydrogen-bond acceptors (Lipinski definition) is 6. The van der Waals surface area contributed by atoms with Crippen LogP contribution in [0, 0.1) is 17.2 Å². The molecule has 0 saturated carbocycles. The number of nitrogens with one attached hydrogen (secondary N) is 1. The van der Waals surface area contributed by atoms with Crippen LogP contribution in [-0.4, -0.2) is 30.2 Å². The second kappa shape index (κ2) is 10.6. The SMILES string of the molecule is C[C@@H]1CCC[C@H](n2cnc(-c3cc(Cl)ccc3CC#N)cc2=O)c2cc(ccn2)-c2c(cnn2C)NC1=O. The summed E-state index contributed by atoms with van der Waals surface area (Å²) in [5, 5.41) is 17.1. The summed E-state index contributed by atoms with van der Waals surface area (Å²) in [7, 11) is 1.82. The lowest BCUT2D eigenvalue weighted by molar-refractivity contribution is -0.119. The fraction of sp³-hybridized carbons (Fsp3) is 0.286. The van der Waals surface area contributed by atoms with Gasteiger partial charge in [0.05, 0.1) is 53.8 Å². The number of benzene rings is 1. The third-order valence-electron chi connectivity index (χ3n) is 6.94. The Bertz CT molecular complexity index is 1620. The Morgan fingerprint density at radius 1 is 1.16 bits per heavy atom. The minimum absolute atomic E-state index is 0.0662. The van der Waals surface area contributed by atoms with Gasteiger partial charge in [-0.1, -0.05) is 31.0 Å². The van der Waals surface area contributed by atoms with Gasteiger partial charge in [0.25, 0.3) is 5.56 Å². The Kier molecular flexibility index (Phi) is 7.07.